The van der Waals surface area contributed by atoms with Crippen molar-refractivity contribution in [3.63, 3.8) is 0 Å². The molecule has 106 valence electrons. The van der Waals surface area contributed by atoms with Gasteiger partial charge in [0.05, 0.1) is 11.8 Å². The number of carbonyl (C=O) groups is 2. The van der Waals surface area contributed by atoms with Gasteiger partial charge < -0.3 is 10.4 Å². The topological polar surface area (TPSA) is 66.4 Å². The van der Waals surface area contributed by atoms with Crippen LogP contribution in [-0.2, 0) is 9.59 Å². The Morgan fingerprint density at radius 2 is 1.90 bits per heavy atom. The number of carboxylic acids is 1. The number of hydrogen-bond acceptors (Lipinski definition) is 2. The smallest absolute Gasteiger partial charge is 0.307 e. The van der Waals surface area contributed by atoms with Crippen molar-refractivity contribution in [2.75, 3.05) is 5.32 Å². The van der Waals surface area contributed by atoms with Crippen LogP contribution in [0.1, 0.15) is 18.4 Å². The second kappa shape index (κ2) is 6.09. The van der Waals surface area contributed by atoms with Gasteiger partial charge in [0.25, 0.3) is 0 Å². The summed E-state index contributed by atoms with van der Waals surface area (Å²) in [6.07, 6.45) is 4.51. The van der Waals surface area contributed by atoms with Crippen LogP contribution in [0.15, 0.2) is 30.4 Å². The molecule has 0 saturated carbocycles. The maximum Gasteiger partial charge on any atom is 0.307 e. The molecule has 0 unspecified atom stereocenters. The van der Waals surface area contributed by atoms with Gasteiger partial charge in [0.2, 0.25) is 5.91 Å². The van der Waals surface area contributed by atoms with Crippen LogP contribution in [0.2, 0.25) is 5.02 Å². The number of aliphatic carboxylic acids is 1. The zero-order valence-electron chi connectivity index (χ0n) is 11.1. The maximum absolute atomic E-state index is 12.3. The van der Waals surface area contributed by atoms with E-state index in [9.17, 15) is 14.7 Å². The third-order valence-electron chi connectivity index (χ3n) is 3.54. The maximum atomic E-state index is 12.3. The zero-order chi connectivity index (χ0) is 14.7. The lowest BCUT2D eigenvalue weighted by atomic mass is 9.82. The second-order valence-corrected chi connectivity index (χ2v) is 5.38. The number of rotatable bonds is 3. The van der Waals surface area contributed by atoms with Crippen LogP contribution in [0, 0.1) is 18.8 Å². The quantitative estimate of drug-likeness (QED) is 0.841. The molecule has 1 aromatic carbocycles. The summed E-state index contributed by atoms with van der Waals surface area (Å²) in [5, 5.41) is 12.5. The standard InChI is InChI=1S/C15H16ClNO3/c1-9-6-7-10(16)8-13(9)17-14(18)11-4-2-3-5-12(11)15(19)20/h2-3,6-8,11-12H,4-5H2,1H3,(H,17,18)(H,19,20)/t11-,12+/m0/s1. The number of carbonyl (C=O) groups excluding carboxylic acids is 1. The van der Waals surface area contributed by atoms with E-state index in [2.05, 4.69) is 5.32 Å². The lowest BCUT2D eigenvalue weighted by Crippen LogP contribution is -2.34. The number of hydrogen-bond donors (Lipinski definition) is 2. The third kappa shape index (κ3) is 3.20. The molecule has 0 spiro atoms. The average Bonchev–Trinajstić information content (AvgIpc) is 2.42. The molecule has 0 saturated heterocycles. The van der Waals surface area contributed by atoms with E-state index in [1.807, 2.05) is 25.1 Å². The molecule has 1 amide bonds. The molecule has 0 radical (unpaired) electrons. The molecule has 0 aliphatic heterocycles. The summed E-state index contributed by atoms with van der Waals surface area (Å²) in [6.45, 7) is 1.86. The molecular formula is C15H16ClNO3. The van der Waals surface area contributed by atoms with Crippen molar-refractivity contribution in [3.05, 3.63) is 40.9 Å². The van der Waals surface area contributed by atoms with E-state index in [4.69, 9.17) is 11.6 Å². The van der Waals surface area contributed by atoms with Crippen LogP contribution in [0.25, 0.3) is 0 Å². The fraction of sp³-hybridized carbons (Fsp3) is 0.333. The summed E-state index contributed by atoms with van der Waals surface area (Å²) in [7, 11) is 0. The Balaban J connectivity index is 2.16. The number of aryl methyl sites for hydroxylation is 1. The first-order valence-corrected chi connectivity index (χ1v) is 6.81. The summed E-state index contributed by atoms with van der Waals surface area (Å²) in [4.78, 5) is 23.5. The highest BCUT2D eigenvalue weighted by molar-refractivity contribution is 6.31. The summed E-state index contributed by atoms with van der Waals surface area (Å²) in [6, 6.07) is 5.23. The second-order valence-electron chi connectivity index (χ2n) is 4.94. The van der Waals surface area contributed by atoms with Gasteiger partial charge >= 0.3 is 5.97 Å². The van der Waals surface area contributed by atoms with E-state index in [-0.39, 0.29) is 5.91 Å². The zero-order valence-corrected chi connectivity index (χ0v) is 11.9. The number of anilines is 1. The molecular weight excluding hydrogens is 278 g/mol. The van der Waals surface area contributed by atoms with Crippen molar-refractivity contribution in [2.24, 2.45) is 11.8 Å². The monoisotopic (exact) mass is 293 g/mol. The number of nitrogens with one attached hydrogen (secondary N) is 1. The van der Waals surface area contributed by atoms with Crippen molar-refractivity contribution in [2.45, 2.75) is 19.8 Å². The van der Waals surface area contributed by atoms with Crippen molar-refractivity contribution in [1.82, 2.24) is 0 Å². The molecule has 1 aliphatic rings. The van der Waals surface area contributed by atoms with E-state index < -0.39 is 17.8 Å². The molecule has 0 aromatic heterocycles. The van der Waals surface area contributed by atoms with Crippen LogP contribution < -0.4 is 5.32 Å². The molecule has 0 bridgehead atoms. The average molecular weight is 294 g/mol. The lowest BCUT2D eigenvalue weighted by Gasteiger charge is -2.24. The molecule has 20 heavy (non-hydrogen) atoms. The minimum Gasteiger partial charge on any atom is -0.481 e. The van der Waals surface area contributed by atoms with Crippen molar-refractivity contribution < 1.29 is 14.7 Å². The van der Waals surface area contributed by atoms with Crippen LogP contribution in [0.4, 0.5) is 5.69 Å². The van der Waals surface area contributed by atoms with Gasteiger partial charge in [-0.1, -0.05) is 29.8 Å². The van der Waals surface area contributed by atoms with E-state index in [1.54, 1.807) is 12.1 Å². The van der Waals surface area contributed by atoms with E-state index in [0.29, 0.717) is 23.6 Å². The van der Waals surface area contributed by atoms with Gasteiger partial charge in [-0.25, -0.2) is 0 Å². The van der Waals surface area contributed by atoms with Crippen LogP contribution in [-0.4, -0.2) is 17.0 Å². The van der Waals surface area contributed by atoms with Crippen molar-refractivity contribution >= 4 is 29.2 Å². The first kappa shape index (κ1) is 14.6. The Kier molecular flexibility index (Phi) is 4.45. The fourth-order valence-corrected chi connectivity index (χ4v) is 2.50. The highest BCUT2D eigenvalue weighted by atomic mass is 35.5. The normalized spacial score (nSPS) is 21.5. The van der Waals surface area contributed by atoms with Crippen LogP contribution in [0.3, 0.4) is 0 Å². The first-order valence-electron chi connectivity index (χ1n) is 6.44. The molecule has 2 N–H and O–H groups in total. The van der Waals surface area contributed by atoms with Crippen LogP contribution >= 0.6 is 11.6 Å². The van der Waals surface area contributed by atoms with E-state index in [0.717, 1.165) is 5.56 Å². The van der Waals surface area contributed by atoms with Gasteiger partial charge in [-0.2, -0.15) is 0 Å². The molecule has 0 fully saturated rings. The van der Waals surface area contributed by atoms with Gasteiger partial charge in [-0.3, -0.25) is 9.59 Å². The first-order chi connectivity index (χ1) is 9.49. The Hall–Kier alpha value is -1.81. The molecule has 1 aromatic rings. The van der Waals surface area contributed by atoms with E-state index in [1.165, 1.54) is 0 Å². The molecule has 0 heterocycles. The number of benzene rings is 1. The van der Waals surface area contributed by atoms with Gasteiger partial charge in [-0.05, 0) is 37.5 Å². The number of allylic oxidation sites excluding steroid dienone is 2. The van der Waals surface area contributed by atoms with Gasteiger partial charge in [0.15, 0.2) is 0 Å². The number of halogens is 1. The largest absolute Gasteiger partial charge is 0.481 e. The Morgan fingerprint density at radius 1 is 1.25 bits per heavy atom. The van der Waals surface area contributed by atoms with E-state index >= 15 is 0 Å². The number of amides is 1. The summed E-state index contributed by atoms with van der Waals surface area (Å²) in [5.74, 6) is -2.42. The number of carboxylic acid groups (broad SMARTS) is 1. The van der Waals surface area contributed by atoms with Gasteiger partial charge in [-0.15, -0.1) is 0 Å². The van der Waals surface area contributed by atoms with Crippen molar-refractivity contribution in [1.29, 1.82) is 0 Å². The summed E-state index contributed by atoms with van der Waals surface area (Å²) in [5.41, 5.74) is 1.52. The van der Waals surface area contributed by atoms with Crippen molar-refractivity contribution in [3.8, 4) is 0 Å². The highest BCUT2D eigenvalue weighted by Gasteiger charge is 2.34. The summed E-state index contributed by atoms with van der Waals surface area (Å²) < 4.78 is 0. The molecule has 1 aliphatic carbocycles. The van der Waals surface area contributed by atoms with Gasteiger partial charge in [0.1, 0.15) is 0 Å². The SMILES string of the molecule is Cc1ccc(Cl)cc1NC(=O)[C@H]1CC=CC[C@H]1C(=O)O. The minimum atomic E-state index is -0.933. The predicted molar refractivity (Wildman–Crippen MR) is 77.8 cm³/mol. The Morgan fingerprint density at radius 3 is 2.55 bits per heavy atom. The van der Waals surface area contributed by atoms with Gasteiger partial charge in [0, 0.05) is 10.7 Å². The molecule has 4 nitrogen and oxygen atoms in total. The van der Waals surface area contributed by atoms with Crippen LogP contribution in [0.5, 0.6) is 0 Å². The Labute approximate surface area is 122 Å². The summed E-state index contributed by atoms with van der Waals surface area (Å²) >= 11 is 5.91. The fourth-order valence-electron chi connectivity index (χ4n) is 2.33. The minimum absolute atomic E-state index is 0.271. The molecule has 2 atom stereocenters. The predicted octanol–water partition coefficient (Wildman–Crippen LogP) is 3.25. The highest BCUT2D eigenvalue weighted by Crippen LogP contribution is 2.28. The molecule has 5 heteroatoms. The lowest BCUT2D eigenvalue weighted by molar-refractivity contribution is -0.146. The Bertz CT molecular complexity index is 568. The molecule has 2 rings (SSSR count). The third-order valence-corrected chi connectivity index (χ3v) is 3.78.